The normalized spacial score (nSPS) is 24.5. The molecule has 0 radical (unpaired) electrons. The fraction of sp³-hybridized carbons (Fsp3) is 0.611. The number of amides is 1. The lowest BCUT2D eigenvalue weighted by atomic mass is 9.85. The zero-order valence-electron chi connectivity index (χ0n) is 13.2. The Balaban J connectivity index is 1.58. The quantitative estimate of drug-likeness (QED) is 0.878. The topological polar surface area (TPSA) is 41.1 Å². The summed E-state index contributed by atoms with van der Waals surface area (Å²) in [4.78, 5) is 12.4. The van der Waals surface area contributed by atoms with E-state index in [9.17, 15) is 9.18 Å². The van der Waals surface area contributed by atoms with Gasteiger partial charge in [0.05, 0.1) is 5.54 Å². The Morgan fingerprint density at radius 2 is 2.23 bits per heavy atom. The van der Waals surface area contributed by atoms with Crippen LogP contribution in [0.4, 0.5) is 4.39 Å². The third-order valence-electron chi connectivity index (χ3n) is 5.17. The Kier molecular flexibility index (Phi) is 4.48. The van der Waals surface area contributed by atoms with Gasteiger partial charge in [-0.15, -0.1) is 0 Å². The van der Waals surface area contributed by atoms with Crippen LogP contribution in [0.1, 0.15) is 44.6 Å². The maximum Gasteiger partial charge on any atom is 0.220 e. The first-order valence-corrected chi connectivity index (χ1v) is 8.37. The van der Waals surface area contributed by atoms with E-state index in [1.807, 2.05) is 6.07 Å². The molecular formula is C18H25FN2O. The minimum atomic E-state index is -0.451. The van der Waals surface area contributed by atoms with Crippen LogP contribution in [0.3, 0.4) is 0 Å². The van der Waals surface area contributed by atoms with Gasteiger partial charge in [-0.1, -0.05) is 25.1 Å². The summed E-state index contributed by atoms with van der Waals surface area (Å²) in [6, 6.07) is 6.78. The largest absolute Gasteiger partial charge is 0.346 e. The van der Waals surface area contributed by atoms with Gasteiger partial charge in [0.1, 0.15) is 5.82 Å². The summed E-state index contributed by atoms with van der Waals surface area (Å²) in [7, 11) is 0. The van der Waals surface area contributed by atoms with Gasteiger partial charge in [0.2, 0.25) is 5.91 Å². The highest BCUT2D eigenvalue weighted by Crippen LogP contribution is 2.46. The SMILES string of the molecule is CC(CC(=O)NC1(c2ccccc2F)CC1)C1CCCNC1. The molecule has 3 nitrogen and oxygen atoms in total. The van der Waals surface area contributed by atoms with E-state index in [1.54, 1.807) is 12.1 Å². The molecular weight excluding hydrogens is 279 g/mol. The molecule has 1 heterocycles. The first kappa shape index (κ1) is 15.5. The van der Waals surface area contributed by atoms with Gasteiger partial charge in [0.25, 0.3) is 0 Å². The van der Waals surface area contributed by atoms with Crippen LogP contribution in [0, 0.1) is 17.7 Å². The minimum absolute atomic E-state index is 0.0545. The molecule has 1 aromatic carbocycles. The van der Waals surface area contributed by atoms with Crippen LogP contribution in [-0.4, -0.2) is 19.0 Å². The molecule has 1 aromatic rings. The van der Waals surface area contributed by atoms with Gasteiger partial charge in [-0.25, -0.2) is 4.39 Å². The molecule has 1 amide bonds. The van der Waals surface area contributed by atoms with Crippen molar-refractivity contribution in [2.45, 2.75) is 44.6 Å². The molecule has 0 spiro atoms. The van der Waals surface area contributed by atoms with Gasteiger partial charge in [-0.2, -0.15) is 0 Å². The molecule has 120 valence electrons. The average molecular weight is 304 g/mol. The van der Waals surface area contributed by atoms with Crippen molar-refractivity contribution in [3.8, 4) is 0 Å². The fourth-order valence-electron chi connectivity index (χ4n) is 3.58. The van der Waals surface area contributed by atoms with E-state index in [0.29, 0.717) is 23.8 Å². The third-order valence-corrected chi connectivity index (χ3v) is 5.17. The van der Waals surface area contributed by atoms with Crippen LogP contribution in [0.25, 0.3) is 0 Å². The highest BCUT2D eigenvalue weighted by atomic mass is 19.1. The van der Waals surface area contributed by atoms with Crippen molar-refractivity contribution >= 4 is 5.91 Å². The van der Waals surface area contributed by atoms with E-state index in [0.717, 1.165) is 25.9 Å². The Morgan fingerprint density at radius 1 is 1.45 bits per heavy atom. The molecule has 2 atom stereocenters. The first-order valence-electron chi connectivity index (χ1n) is 8.37. The number of hydrogen-bond donors (Lipinski definition) is 2. The number of piperidine rings is 1. The molecule has 4 heteroatoms. The van der Waals surface area contributed by atoms with Crippen LogP contribution < -0.4 is 10.6 Å². The average Bonchev–Trinajstić information content (AvgIpc) is 3.28. The van der Waals surface area contributed by atoms with E-state index in [4.69, 9.17) is 0 Å². The molecule has 22 heavy (non-hydrogen) atoms. The van der Waals surface area contributed by atoms with Crippen LogP contribution in [0.5, 0.6) is 0 Å². The second-order valence-corrected chi connectivity index (χ2v) is 6.90. The number of halogens is 1. The molecule has 0 bridgehead atoms. The standard InChI is InChI=1S/C18H25FN2O/c1-13(14-5-4-10-20-12-14)11-17(22)21-18(8-9-18)15-6-2-3-7-16(15)19/h2-3,6-7,13-14,20H,4-5,8-12H2,1H3,(H,21,22). The zero-order chi connectivity index (χ0) is 15.6. The number of nitrogens with one attached hydrogen (secondary N) is 2. The zero-order valence-corrected chi connectivity index (χ0v) is 13.2. The molecule has 2 N–H and O–H groups in total. The summed E-state index contributed by atoms with van der Waals surface area (Å²) >= 11 is 0. The Hall–Kier alpha value is -1.42. The van der Waals surface area contributed by atoms with Crippen molar-refractivity contribution in [1.29, 1.82) is 0 Å². The Bertz CT molecular complexity index is 536. The maximum atomic E-state index is 14.0. The fourth-order valence-corrected chi connectivity index (χ4v) is 3.58. The van der Waals surface area contributed by atoms with Crippen molar-refractivity contribution in [2.24, 2.45) is 11.8 Å². The molecule has 1 aliphatic carbocycles. The van der Waals surface area contributed by atoms with Crippen molar-refractivity contribution in [3.05, 3.63) is 35.6 Å². The molecule has 1 aliphatic heterocycles. The smallest absolute Gasteiger partial charge is 0.220 e. The number of rotatable bonds is 5. The second-order valence-electron chi connectivity index (χ2n) is 6.90. The number of hydrogen-bond acceptors (Lipinski definition) is 2. The van der Waals surface area contributed by atoms with Gasteiger partial charge in [-0.3, -0.25) is 4.79 Å². The van der Waals surface area contributed by atoms with E-state index in [1.165, 1.54) is 18.9 Å². The third kappa shape index (κ3) is 3.32. The maximum absolute atomic E-state index is 14.0. The highest BCUT2D eigenvalue weighted by Gasteiger charge is 2.47. The van der Waals surface area contributed by atoms with Crippen LogP contribution >= 0.6 is 0 Å². The summed E-state index contributed by atoms with van der Waals surface area (Å²) < 4.78 is 14.0. The van der Waals surface area contributed by atoms with E-state index in [-0.39, 0.29) is 11.7 Å². The lowest BCUT2D eigenvalue weighted by Gasteiger charge is -2.28. The molecule has 3 rings (SSSR count). The summed E-state index contributed by atoms with van der Waals surface area (Å²) in [5, 5.41) is 6.50. The monoisotopic (exact) mass is 304 g/mol. The molecule has 0 aromatic heterocycles. The van der Waals surface area contributed by atoms with Gasteiger partial charge in [0, 0.05) is 12.0 Å². The van der Waals surface area contributed by atoms with E-state index >= 15 is 0 Å². The van der Waals surface area contributed by atoms with Crippen LogP contribution in [0.15, 0.2) is 24.3 Å². The molecule has 1 saturated carbocycles. The van der Waals surface area contributed by atoms with Crippen molar-refractivity contribution < 1.29 is 9.18 Å². The van der Waals surface area contributed by atoms with Gasteiger partial charge < -0.3 is 10.6 Å². The van der Waals surface area contributed by atoms with Gasteiger partial charge >= 0.3 is 0 Å². The number of carbonyl (C=O) groups excluding carboxylic acids is 1. The lowest BCUT2D eigenvalue weighted by Crippen LogP contribution is -2.39. The minimum Gasteiger partial charge on any atom is -0.346 e. The molecule has 2 unspecified atom stereocenters. The summed E-state index contributed by atoms with van der Waals surface area (Å²) in [6.07, 6.45) is 4.58. The van der Waals surface area contributed by atoms with Crippen LogP contribution in [0.2, 0.25) is 0 Å². The molecule has 2 fully saturated rings. The van der Waals surface area contributed by atoms with Crippen molar-refractivity contribution in [1.82, 2.24) is 10.6 Å². The van der Waals surface area contributed by atoms with Gasteiger partial charge in [-0.05, 0) is 56.7 Å². The number of carbonyl (C=O) groups is 1. The molecule has 1 saturated heterocycles. The predicted octanol–water partition coefficient (Wildman–Crippen LogP) is 2.96. The second kappa shape index (κ2) is 6.37. The highest BCUT2D eigenvalue weighted by molar-refractivity contribution is 5.78. The van der Waals surface area contributed by atoms with Crippen molar-refractivity contribution in [2.75, 3.05) is 13.1 Å². The summed E-state index contributed by atoms with van der Waals surface area (Å²) in [5.74, 6) is 0.774. The summed E-state index contributed by atoms with van der Waals surface area (Å²) in [5.41, 5.74) is 0.183. The molecule has 2 aliphatic rings. The lowest BCUT2D eigenvalue weighted by molar-refractivity contribution is -0.123. The van der Waals surface area contributed by atoms with E-state index < -0.39 is 5.54 Å². The Morgan fingerprint density at radius 3 is 2.86 bits per heavy atom. The van der Waals surface area contributed by atoms with Crippen molar-refractivity contribution in [3.63, 3.8) is 0 Å². The predicted molar refractivity (Wildman–Crippen MR) is 84.8 cm³/mol. The first-order chi connectivity index (χ1) is 10.6. The number of benzene rings is 1. The van der Waals surface area contributed by atoms with Gasteiger partial charge in [0.15, 0.2) is 0 Å². The Labute approximate surface area is 131 Å². The van der Waals surface area contributed by atoms with E-state index in [2.05, 4.69) is 17.6 Å². The summed E-state index contributed by atoms with van der Waals surface area (Å²) in [6.45, 7) is 4.25. The van der Waals surface area contributed by atoms with Crippen LogP contribution in [-0.2, 0) is 10.3 Å².